The Morgan fingerprint density at radius 1 is 1.21 bits per heavy atom. The second-order valence-electron chi connectivity index (χ2n) is 4.72. The van der Waals surface area contributed by atoms with Gasteiger partial charge in [-0.05, 0) is 17.2 Å². The molecule has 0 saturated carbocycles. The monoisotopic (exact) mass is 268 g/mol. The van der Waals surface area contributed by atoms with Crippen LogP contribution in [0.25, 0.3) is 0 Å². The van der Waals surface area contributed by atoms with Gasteiger partial charge < -0.3 is 5.73 Å². The molecule has 2 N–H and O–H groups in total. The first-order valence-electron chi connectivity index (χ1n) is 6.40. The number of nitrogens with two attached hydrogens (primary N) is 1. The smallest absolute Gasteiger partial charge is 0.0555 e. The van der Waals surface area contributed by atoms with Crippen LogP contribution < -0.4 is 5.73 Å². The van der Waals surface area contributed by atoms with Gasteiger partial charge in [0.25, 0.3) is 0 Å². The topological polar surface area (TPSA) is 29.3 Å². The Bertz CT molecular complexity index is 608. The van der Waals surface area contributed by atoms with E-state index in [1.54, 1.807) is 11.3 Å². The highest BCUT2D eigenvalue weighted by atomic mass is 32.1. The molecule has 1 aromatic carbocycles. The molecule has 0 aliphatic carbocycles. The minimum atomic E-state index is 0.423. The average Bonchev–Trinajstić information content (AvgIpc) is 3.02. The summed E-state index contributed by atoms with van der Waals surface area (Å²) in [4.78, 5) is 3.84. The summed E-state index contributed by atoms with van der Waals surface area (Å²) in [5.41, 5.74) is 9.39. The van der Waals surface area contributed by atoms with Crippen LogP contribution in [0.2, 0.25) is 0 Å². The van der Waals surface area contributed by atoms with Crippen LogP contribution in [0.1, 0.15) is 21.6 Å². The van der Waals surface area contributed by atoms with Gasteiger partial charge >= 0.3 is 0 Å². The van der Waals surface area contributed by atoms with E-state index >= 15 is 0 Å². The minimum absolute atomic E-state index is 0.423. The lowest BCUT2D eigenvalue weighted by Gasteiger charge is -2.12. The molecule has 3 heteroatoms. The Kier molecular flexibility index (Phi) is 3.65. The lowest BCUT2D eigenvalue weighted by atomic mass is 10.1. The number of benzene rings is 1. The molecule has 1 aliphatic rings. The fourth-order valence-corrected chi connectivity index (χ4v) is 3.28. The fraction of sp³-hybridized carbons (Fsp3) is 0.250. The van der Waals surface area contributed by atoms with Gasteiger partial charge in [0, 0.05) is 35.5 Å². The first-order chi connectivity index (χ1) is 9.35. The van der Waals surface area contributed by atoms with Crippen LogP contribution in [0, 0.1) is 11.8 Å². The summed E-state index contributed by atoms with van der Waals surface area (Å²) in [6, 6.07) is 10.9. The third-order valence-corrected chi connectivity index (χ3v) is 4.20. The molecule has 2 aromatic rings. The normalized spacial score (nSPS) is 13.9. The Morgan fingerprint density at radius 2 is 1.95 bits per heavy atom. The van der Waals surface area contributed by atoms with E-state index < -0.39 is 0 Å². The molecule has 0 saturated heterocycles. The molecule has 0 bridgehead atoms. The van der Waals surface area contributed by atoms with Gasteiger partial charge in [-0.15, -0.1) is 11.3 Å². The summed E-state index contributed by atoms with van der Waals surface area (Å²) in [7, 11) is 0. The molecule has 96 valence electrons. The highest BCUT2D eigenvalue weighted by molar-refractivity contribution is 7.10. The molecular formula is C16H16N2S. The minimum Gasteiger partial charge on any atom is -0.320 e. The molecular weight excluding hydrogens is 252 g/mol. The zero-order chi connectivity index (χ0) is 13.1. The number of hydrogen-bond acceptors (Lipinski definition) is 3. The predicted octanol–water partition coefficient (Wildman–Crippen LogP) is 2.57. The first kappa shape index (κ1) is 12.4. The summed E-state index contributed by atoms with van der Waals surface area (Å²) >= 11 is 1.78. The molecule has 0 radical (unpaired) electrons. The van der Waals surface area contributed by atoms with E-state index in [2.05, 4.69) is 52.5 Å². The van der Waals surface area contributed by atoms with Crippen molar-refractivity contribution in [2.45, 2.75) is 19.6 Å². The van der Waals surface area contributed by atoms with Crippen LogP contribution in [-0.2, 0) is 19.6 Å². The van der Waals surface area contributed by atoms with Crippen LogP contribution in [0.15, 0.2) is 35.7 Å². The van der Waals surface area contributed by atoms with E-state index in [9.17, 15) is 0 Å². The Morgan fingerprint density at radius 3 is 2.63 bits per heavy atom. The standard InChI is InChI=1S/C16H16N2S/c17-7-3-4-13-8-16(19-12-13)11-18-9-14-5-1-2-6-15(14)10-18/h1-2,5-6,8,12H,7,9-11,17H2. The predicted molar refractivity (Wildman–Crippen MR) is 79.6 cm³/mol. The summed E-state index contributed by atoms with van der Waals surface area (Å²) in [5, 5.41) is 2.11. The van der Waals surface area contributed by atoms with Gasteiger partial charge in [0.15, 0.2) is 0 Å². The van der Waals surface area contributed by atoms with E-state index in [0.29, 0.717) is 6.54 Å². The molecule has 0 unspecified atom stereocenters. The van der Waals surface area contributed by atoms with Crippen molar-refractivity contribution < 1.29 is 0 Å². The molecule has 1 aromatic heterocycles. The van der Waals surface area contributed by atoms with Crippen molar-refractivity contribution in [3.63, 3.8) is 0 Å². The highest BCUT2D eigenvalue weighted by Crippen LogP contribution is 2.25. The highest BCUT2D eigenvalue weighted by Gasteiger charge is 2.18. The SMILES string of the molecule is NCC#Cc1csc(CN2Cc3ccccc3C2)c1. The lowest BCUT2D eigenvalue weighted by molar-refractivity contribution is 0.278. The lowest BCUT2D eigenvalue weighted by Crippen LogP contribution is -2.14. The van der Waals surface area contributed by atoms with Gasteiger partial charge in [-0.2, -0.15) is 0 Å². The maximum Gasteiger partial charge on any atom is 0.0555 e. The van der Waals surface area contributed by atoms with E-state index in [4.69, 9.17) is 5.73 Å². The molecule has 0 atom stereocenters. The van der Waals surface area contributed by atoms with Gasteiger partial charge in [-0.1, -0.05) is 36.1 Å². The quantitative estimate of drug-likeness (QED) is 0.848. The van der Waals surface area contributed by atoms with Crippen molar-refractivity contribution in [3.05, 3.63) is 57.3 Å². The molecule has 0 amide bonds. The molecule has 0 fully saturated rings. The third kappa shape index (κ3) is 2.87. The van der Waals surface area contributed by atoms with E-state index in [-0.39, 0.29) is 0 Å². The number of fused-ring (bicyclic) bond motifs is 1. The second kappa shape index (κ2) is 5.58. The number of hydrogen-bond donors (Lipinski definition) is 1. The number of rotatable bonds is 2. The third-order valence-electron chi connectivity index (χ3n) is 3.27. The summed E-state index contributed by atoms with van der Waals surface area (Å²) < 4.78 is 0. The maximum absolute atomic E-state index is 5.39. The number of nitrogens with zero attached hydrogens (tertiary/aromatic N) is 1. The summed E-state index contributed by atoms with van der Waals surface area (Å²) in [6.45, 7) is 3.53. The molecule has 0 spiro atoms. The van der Waals surface area contributed by atoms with Crippen LogP contribution in [0.3, 0.4) is 0 Å². The van der Waals surface area contributed by atoms with Crippen LogP contribution in [-0.4, -0.2) is 11.4 Å². The van der Waals surface area contributed by atoms with Crippen LogP contribution in [0.5, 0.6) is 0 Å². The second-order valence-corrected chi connectivity index (χ2v) is 5.72. The number of thiophene rings is 1. The zero-order valence-corrected chi connectivity index (χ0v) is 11.5. The van der Waals surface area contributed by atoms with Crippen molar-refractivity contribution in [2.24, 2.45) is 5.73 Å². The van der Waals surface area contributed by atoms with E-state index in [1.165, 1.54) is 16.0 Å². The van der Waals surface area contributed by atoms with Crippen molar-refractivity contribution >= 4 is 11.3 Å². The van der Waals surface area contributed by atoms with E-state index in [1.807, 2.05) is 0 Å². The van der Waals surface area contributed by atoms with Gasteiger partial charge in [-0.25, -0.2) is 0 Å². The molecule has 19 heavy (non-hydrogen) atoms. The Hall–Kier alpha value is -1.60. The molecule has 2 heterocycles. The Labute approximate surface area is 117 Å². The maximum atomic E-state index is 5.39. The van der Waals surface area contributed by atoms with Crippen LogP contribution >= 0.6 is 11.3 Å². The Balaban J connectivity index is 1.66. The molecule has 3 rings (SSSR count). The van der Waals surface area contributed by atoms with Crippen molar-refractivity contribution in [1.82, 2.24) is 4.90 Å². The van der Waals surface area contributed by atoms with Gasteiger partial charge in [0.2, 0.25) is 0 Å². The van der Waals surface area contributed by atoms with Gasteiger partial charge in [-0.3, -0.25) is 4.90 Å². The molecule has 2 nitrogen and oxygen atoms in total. The fourth-order valence-electron chi connectivity index (χ4n) is 2.42. The van der Waals surface area contributed by atoms with E-state index in [0.717, 1.165) is 25.2 Å². The molecule has 1 aliphatic heterocycles. The van der Waals surface area contributed by atoms with Gasteiger partial charge in [0.1, 0.15) is 0 Å². The van der Waals surface area contributed by atoms with Crippen molar-refractivity contribution in [1.29, 1.82) is 0 Å². The zero-order valence-electron chi connectivity index (χ0n) is 10.7. The largest absolute Gasteiger partial charge is 0.320 e. The average molecular weight is 268 g/mol. The van der Waals surface area contributed by atoms with Crippen molar-refractivity contribution in [3.8, 4) is 11.8 Å². The summed E-state index contributed by atoms with van der Waals surface area (Å²) in [5.74, 6) is 5.98. The first-order valence-corrected chi connectivity index (χ1v) is 7.28. The van der Waals surface area contributed by atoms with Crippen molar-refractivity contribution in [2.75, 3.05) is 6.54 Å². The van der Waals surface area contributed by atoms with Crippen LogP contribution in [0.4, 0.5) is 0 Å². The van der Waals surface area contributed by atoms with Gasteiger partial charge in [0.05, 0.1) is 6.54 Å². The summed E-state index contributed by atoms with van der Waals surface area (Å²) in [6.07, 6.45) is 0.